The van der Waals surface area contributed by atoms with Crippen LogP contribution in [0.1, 0.15) is 5.56 Å². The Labute approximate surface area is 121 Å². The minimum absolute atomic E-state index is 0.725. The number of para-hydroxylation sites is 1. The topological polar surface area (TPSA) is 56.7 Å². The van der Waals surface area contributed by atoms with Gasteiger partial charge < -0.3 is 5.73 Å². The fourth-order valence-corrected chi connectivity index (χ4v) is 2.63. The Morgan fingerprint density at radius 1 is 1.00 bits per heavy atom. The fraction of sp³-hybridized carbons (Fsp3) is 0.0588. The van der Waals surface area contributed by atoms with Crippen LogP contribution in [-0.4, -0.2) is 14.8 Å². The van der Waals surface area contributed by atoms with Crippen LogP contribution in [-0.2, 0) is 0 Å². The zero-order chi connectivity index (χ0) is 14.4. The first kappa shape index (κ1) is 11.9. The van der Waals surface area contributed by atoms with Gasteiger partial charge in [-0.2, -0.15) is 5.10 Å². The molecule has 0 saturated heterocycles. The third kappa shape index (κ3) is 1.84. The molecule has 21 heavy (non-hydrogen) atoms. The summed E-state index contributed by atoms with van der Waals surface area (Å²) >= 11 is 0. The van der Waals surface area contributed by atoms with Crippen LogP contribution in [0, 0.1) is 6.92 Å². The average molecular weight is 274 g/mol. The molecule has 4 rings (SSSR count). The van der Waals surface area contributed by atoms with Gasteiger partial charge in [0.2, 0.25) is 0 Å². The molecule has 4 heteroatoms. The molecule has 0 aliphatic heterocycles. The minimum Gasteiger partial charge on any atom is -0.399 e. The highest BCUT2D eigenvalue weighted by Crippen LogP contribution is 2.24. The number of anilines is 1. The van der Waals surface area contributed by atoms with E-state index >= 15 is 0 Å². The second kappa shape index (κ2) is 4.31. The van der Waals surface area contributed by atoms with Crippen LogP contribution >= 0.6 is 0 Å². The SMILES string of the molecule is Cc1cc2ccccc2nc1-n1ncc2ccc(N)cc21. The zero-order valence-electron chi connectivity index (χ0n) is 11.6. The highest BCUT2D eigenvalue weighted by molar-refractivity contribution is 5.85. The van der Waals surface area contributed by atoms with E-state index in [1.54, 1.807) is 0 Å². The Morgan fingerprint density at radius 2 is 1.86 bits per heavy atom. The quantitative estimate of drug-likeness (QED) is 0.541. The average Bonchev–Trinajstić information content (AvgIpc) is 2.89. The lowest BCUT2D eigenvalue weighted by Crippen LogP contribution is -2.02. The van der Waals surface area contributed by atoms with Crippen LogP contribution in [0.2, 0.25) is 0 Å². The van der Waals surface area contributed by atoms with Gasteiger partial charge in [-0.1, -0.05) is 18.2 Å². The van der Waals surface area contributed by atoms with E-state index in [-0.39, 0.29) is 0 Å². The van der Waals surface area contributed by atoms with Crippen molar-refractivity contribution in [3.8, 4) is 5.82 Å². The molecular weight excluding hydrogens is 260 g/mol. The number of fused-ring (bicyclic) bond motifs is 2. The zero-order valence-corrected chi connectivity index (χ0v) is 11.6. The normalized spacial score (nSPS) is 11.3. The molecule has 102 valence electrons. The number of benzene rings is 2. The Bertz CT molecular complexity index is 969. The van der Waals surface area contributed by atoms with Gasteiger partial charge in [0, 0.05) is 16.5 Å². The monoisotopic (exact) mass is 274 g/mol. The van der Waals surface area contributed by atoms with Crippen LogP contribution in [0.5, 0.6) is 0 Å². The van der Waals surface area contributed by atoms with E-state index in [2.05, 4.69) is 24.2 Å². The predicted molar refractivity (Wildman–Crippen MR) is 85.5 cm³/mol. The first-order valence-electron chi connectivity index (χ1n) is 6.82. The first-order chi connectivity index (χ1) is 10.2. The highest BCUT2D eigenvalue weighted by atomic mass is 15.3. The summed E-state index contributed by atoms with van der Waals surface area (Å²) in [5.41, 5.74) is 9.64. The van der Waals surface area contributed by atoms with Crippen molar-refractivity contribution in [2.45, 2.75) is 6.92 Å². The minimum atomic E-state index is 0.725. The van der Waals surface area contributed by atoms with Crippen molar-refractivity contribution >= 4 is 27.5 Å². The van der Waals surface area contributed by atoms with E-state index < -0.39 is 0 Å². The Balaban J connectivity index is 2.03. The summed E-state index contributed by atoms with van der Waals surface area (Å²) in [6, 6.07) is 16.0. The standard InChI is InChI=1S/C17H14N4/c1-11-8-12-4-2-3-5-15(12)20-17(11)21-16-9-14(18)7-6-13(16)10-19-21/h2-10H,18H2,1H3. The van der Waals surface area contributed by atoms with Gasteiger partial charge >= 0.3 is 0 Å². The van der Waals surface area contributed by atoms with Crippen LogP contribution in [0.3, 0.4) is 0 Å². The van der Waals surface area contributed by atoms with E-state index in [0.29, 0.717) is 0 Å². The van der Waals surface area contributed by atoms with Crippen molar-refractivity contribution in [3.05, 3.63) is 60.3 Å². The van der Waals surface area contributed by atoms with Gasteiger partial charge in [0.25, 0.3) is 0 Å². The Hall–Kier alpha value is -2.88. The molecule has 4 nitrogen and oxygen atoms in total. The maximum absolute atomic E-state index is 5.90. The fourth-order valence-electron chi connectivity index (χ4n) is 2.63. The summed E-state index contributed by atoms with van der Waals surface area (Å²) in [4.78, 5) is 4.76. The molecule has 0 bridgehead atoms. The number of aromatic nitrogens is 3. The summed E-state index contributed by atoms with van der Waals surface area (Å²) in [7, 11) is 0. The van der Waals surface area contributed by atoms with E-state index in [1.165, 1.54) is 0 Å². The van der Waals surface area contributed by atoms with Gasteiger partial charge in [0.05, 0.1) is 17.2 Å². The van der Waals surface area contributed by atoms with E-state index in [9.17, 15) is 0 Å². The Kier molecular flexibility index (Phi) is 2.44. The molecule has 0 saturated carbocycles. The molecule has 0 spiro atoms. The summed E-state index contributed by atoms with van der Waals surface area (Å²) in [5, 5.41) is 6.66. The third-order valence-electron chi connectivity index (χ3n) is 3.68. The van der Waals surface area contributed by atoms with Crippen molar-refractivity contribution in [1.29, 1.82) is 0 Å². The second-order valence-electron chi connectivity index (χ2n) is 5.20. The Morgan fingerprint density at radius 3 is 2.76 bits per heavy atom. The molecule has 0 fully saturated rings. The lowest BCUT2D eigenvalue weighted by Gasteiger charge is -2.08. The number of aryl methyl sites for hydroxylation is 1. The van der Waals surface area contributed by atoms with Crippen LogP contribution in [0.25, 0.3) is 27.6 Å². The molecule has 2 aromatic carbocycles. The van der Waals surface area contributed by atoms with Gasteiger partial charge in [0.15, 0.2) is 5.82 Å². The molecule has 2 heterocycles. The molecule has 0 atom stereocenters. The largest absolute Gasteiger partial charge is 0.399 e. The van der Waals surface area contributed by atoms with Crippen LogP contribution in [0.4, 0.5) is 5.69 Å². The summed E-state index contributed by atoms with van der Waals surface area (Å²) in [6.45, 7) is 2.05. The molecule has 0 aliphatic carbocycles. The molecule has 0 amide bonds. The van der Waals surface area contributed by atoms with E-state index in [1.807, 2.05) is 47.3 Å². The number of pyridine rings is 1. The van der Waals surface area contributed by atoms with Crippen molar-refractivity contribution in [2.24, 2.45) is 0 Å². The number of nitrogens with zero attached hydrogens (tertiary/aromatic N) is 3. The molecule has 4 aromatic rings. The van der Waals surface area contributed by atoms with Gasteiger partial charge in [0.1, 0.15) is 0 Å². The number of hydrogen-bond acceptors (Lipinski definition) is 3. The lowest BCUT2D eigenvalue weighted by atomic mass is 10.1. The molecule has 2 N–H and O–H groups in total. The van der Waals surface area contributed by atoms with Gasteiger partial charge in [-0.05, 0) is 42.8 Å². The first-order valence-corrected chi connectivity index (χ1v) is 6.82. The van der Waals surface area contributed by atoms with Gasteiger partial charge in [-0.15, -0.1) is 0 Å². The number of nitrogen functional groups attached to an aromatic ring is 1. The summed E-state index contributed by atoms with van der Waals surface area (Å²) < 4.78 is 1.85. The lowest BCUT2D eigenvalue weighted by molar-refractivity contribution is 0.872. The molecule has 0 radical (unpaired) electrons. The van der Waals surface area contributed by atoms with Crippen LogP contribution in [0.15, 0.2) is 54.7 Å². The number of nitrogens with two attached hydrogens (primary N) is 1. The maximum atomic E-state index is 5.90. The highest BCUT2D eigenvalue weighted by Gasteiger charge is 2.10. The smallest absolute Gasteiger partial charge is 0.157 e. The predicted octanol–water partition coefficient (Wildman–Crippen LogP) is 3.46. The second-order valence-corrected chi connectivity index (χ2v) is 5.20. The third-order valence-corrected chi connectivity index (χ3v) is 3.68. The van der Waals surface area contributed by atoms with Crippen LogP contribution < -0.4 is 5.73 Å². The van der Waals surface area contributed by atoms with Crippen molar-refractivity contribution in [1.82, 2.24) is 14.8 Å². The summed E-state index contributed by atoms with van der Waals surface area (Å²) in [5.74, 6) is 0.842. The van der Waals surface area contributed by atoms with Crippen molar-refractivity contribution < 1.29 is 0 Å². The molecule has 2 aromatic heterocycles. The van der Waals surface area contributed by atoms with Gasteiger partial charge in [-0.3, -0.25) is 0 Å². The van der Waals surface area contributed by atoms with Crippen molar-refractivity contribution in [3.63, 3.8) is 0 Å². The molecule has 0 unspecified atom stereocenters. The molecule has 0 aliphatic rings. The maximum Gasteiger partial charge on any atom is 0.157 e. The summed E-state index contributed by atoms with van der Waals surface area (Å²) in [6.07, 6.45) is 1.84. The molecular formula is C17H14N4. The number of rotatable bonds is 1. The van der Waals surface area contributed by atoms with Gasteiger partial charge in [-0.25, -0.2) is 9.67 Å². The van der Waals surface area contributed by atoms with Crippen molar-refractivity contribution in [2.75, 3.05) is 5.73 Å². The number of hydrogen-bond donors (Lipinski definition) is 1. The van der Waals surface area contributed by atoms with E-state index in [0.717, 1.165) is 38.9 Å². The van der Waals surface area contributed by atoms with E-state index in [4.69, 9.17) is 10.7 Å².